The van der Waals surface area contributed by atoms with Crippen molar-refractivity contribution in [2.75, 3.05) is 13.7 Å². The number of nitrogens with zero attached hydrogens (tertiary/aromatic N) is 4. The van der Waals surface area contributed by atoms with Crippen molar-refractivity contribution in [3.8, 4) is 17.1 Å². The molecule has 2 aromatic carbocycles. The lowest BCUT2D eigenvalue weighted by molar-refractivity contribution is 0.0697. The van der Waals surface area contributed by atoms with Crippen LogP contribution < -0.4 is 4.74 Å². The Bertz CT molecular complexity index is 1640. The molecule has 3 heterocycles. The molecule has 39 heavy (non-hydrogen) atoms. The molecule has 198 valence electrons. The van der Waals surface area contributed by atoms with Gasteiger partial charge in [0.15, 0.2) is 0 Å². The Labute approximate surface area is 228 Å². The van der Waals surface area contributed by atoms with Crippen LogP contribution >= 0.6 is 11.6 Å². The maximum atomic E-state index is 15.3. The molecule has 0 atom stereocenters. The minimum atomic E-state index is -1.02. The first-order chi connectivity index (χ1) is 18.9. The van der Waals surface area contributed by atoms with Crippen LogP contribution in [0.1, 0.15) is 27.4 Å². The third kappa shape index (κ3) is 6.05. The Morgan fingerprint density at radius 1 is 1.08 bits per heavy atom. The minimum absolute atomic E-state index is 0.159. The number of aromatic nitrogens is 4. The summed E-state index contributed by atoms with van der Waals surface area (Å²) in [6.45, 7) is 1.07. The quantitative estimate of drug-likeness (QED) is 0.236. The molecule has 5 rings (SSSR count). The lowest BCUT2D eigenvalue weighted by Gasteiger charge is -2.11. The number of imidazole rings is 1. The average Bonchev–Trinajstić information content (AvgIpc) is 3.28. The van der Waals surface area contributed by atoms with E-state index in [0.717, 1.165) is 0 Å². The summed E-state index contributed by atoms with van der Waals surface area (Å²) in [4.78, 5) is 24.8. The van der Waals surface area contributed by atoms with Gasteiger partial charge in [0.05, 0.1) is 39.6 Å². The van der Waals surface area contributed by atoms with Crippen LogP contribution in [0.25, 0.3) is 22.3 Å². The van der Waals surface area contributed by atoms with E-state index in [1.807, 2.05) is 4.57 Å². The molecule has 0 radical (unpaired) electrons. The molecule has 0 saturated heterocycles. The first-order valence-electron chi connectivity index (χ1n) is 12.1. The number of fused-ring (bicyclic) bond motifs is 1. The molecule has 3 aromatic heterocycles. The number of pyridine rings is 2. The van der Waals surface area contributed by atoms with Gasteiger partial charge in [0, 0.05) is 37.9 Å². The van der Waals surface area contributed by atoms with E-state index in [4.69, 9.17) is 21.1 Å². The second-order valence-electron chi connectivity index (χ2n) is 8.78. The van der Waals surface area contributed by atoms with Gasteiger partial charge in [0.25, 0.3) is 0 Å². The predicted octanol–water partition coefficient (Wildman–Crippen LogP) is 5.80. The Morgan fingerprint density at radius 2 is 1.95 bits per heavy atom. The normalized spacial score (nSPS) is 11.2. The van der Waals surface area contributed by atoms with Gasteiger partial charge in [-0.3, -0.25) is 4.98 Å². The Balaban J connectivity index is 1.37. The van der Waals surface area contributed by atoms with Gasteiger partial charge in [-0.1, -0.05) is 29.8 Å². The fraction of sp³-hybridized carbons (Fsp3) is 0.172. The monoisotopic (exact) mass is 546 g/mol. The zero-order chi connectivity index (χ0) is 27.4. The Hall–Kier alpha value is -4.34. The SMILES string of the molecule is COCCn1c(Cc2ccc(-c3cccc(OCc4ccc(Cl)cn4)n3)cc2F)nc2ccc(C(=O)O)cc21. The Morgan fingerprint density at radius 3 is 2.69 bits per heavy atom. The molecule has 0 fully saturated rings. The number of ether oxygens (including phenoxy) is 2. The van der Waals surface area contributed by atoms with Crippen LogP contribution in [0.3, 0.4) is 0 Å². The van der Waals surface area contributed by atoms with Crippen molar-refractivity contribution >= 4 is 28.6 Å². The zero-order valence-electron chi connectivity index (χ0n) is 21.0. The van der Waals surface area contributed by atoms with Crippen molar-refractivity contribution in [3.05, 3.63) is 106 Å². The van der Waals surface area contributed by atoms with Crippen LogP contribution in [0.2, 0.25) is 5.02 Å². The number of rotatable bonds is 10. The molecule has 0 bridgehead atoms. The van der Waals surface area contributed by atoms with Gasteiger partial charge in [-0.25, -0.2) is 19.2 Å². The van der Waals surface area contributed by atoms with E-state index < -0.39 is 11.8 Å². The predicted molar refractivity (Wildman–Crippen MR) is 145 cm³/mol. The van der Waals surface area contributed by atoms with Crippen LogP contribution in [0.5, 0.6) is 5.88 Å². The van der Waals surface area contributed by atoms with E-state index in [2.05, 4.69) is 15.0 Å². The summed E-state index contributed by atoms with van der Waals surface area (Å²) in [5.74, 6) is -0.422. The molecule has 0 aliphatic carbocycles. The topological polar surface area (TPSA) is 99.4 Å². The van der Waals surface area contributed by atoms with E-state index in [1.54, 1.807) is 67.9 Å². The van der Waals surface area contributed by atoms with Crippen molar-refractivity contribution < 1.29 is 23.8 Å². The first kappa shape index (κ1) is 26.3. The molecule has 0 unspecified atom stereocenters. The van der Waals surface area contributed by atoms with Gasteiger partial charge in [0.1, 0.15) is 18.2 Å². The van der Waals surface area contributed by atoms with Gasteiger partial charge < -0.3 is 19.1 Å². The van der Waals surface area contributed by atoms with Gasteiger partial charge in [-0.15, -0.1) is 0 Å². The average molecular weight is 547 g/mol. The van der Waals surface area contributed by atoms with Crippen LogP contribution in [0.15, 0.2) is 72.9 Å². The second-order valence-corrected chi connectivity index (χ2v) is 9.22. The fourth-order valence-electron chi connectivity index (χ4n) is 4.19. The number of carboxylic acids is 1. The summed E-state index contributed by atoms with van der Waals surface area (Å²) in [5.41, 5.74) is 3.78. The van der Waals surface area contributed by atoms with Crippen molar-refractivity contribution in [1.29, 1.82) is 0 Å². The minimum Gasteiger partial charge on any atom is -0.478 e. The van der Waals surface area contributed by atoms with Gasteiger partial charge in [-0.2, -0.15) is 0 Å². The van der Waals surface area contributed by atoms with E-state index in [1.165, 1.54) is 12.1 Å². The first-order valence-corrected chi connectivity index (χ1v) is 12.5. The van der Waals surface area contributed by atoms with Crippen molar-refractivity contribution in [3.63, 3.8) is 0 Å². The van der Waals surface area contributed by atoms with E-state index >= 15 is 4.39 Å². The van der Waals surface area contributed by atoms with E-state index in [9.17, 15) is 9.90 Å². The third-order valence-electron chi connectivity index (χ3n) is 6.17. The smallest absolute Gasteiger partial charge is 0.335 e. The fourth-order valence-corrected chi connectivity index (χ4v) is 4.30. The molecule has 1 N–H and O–H groups in total. The lowest BCUT2D eigenvalue weighted by atomic mass is 10.1. The summed E-state index contributed by atoms with van der Waals surface area (Å²) < 4.78 is 28.2. The third-order valence-corrected chi connectivity index (χ3v) is 6.39. The highest BCUT2D eigenvalue weighted by Gasteiger charge is 2.16. The highest BCUT2D eigenvalue weighted by Crippen LogP contribution is 2.26. The van der Waals surface area contributed by atoms with Crippen LogP contribution in [0, 0.1) is 5.82 Å². The summed E-state index contributed by atoms with van der Waals surface area (Å²) in [5, 5.41) is 9.94. The van der Waals surface area contributed by atoms with Crippen molar-refractivity contribution in [2.45, 2.75) is 19.6 Å². The second kappa shape index (κ2) is 11.6. The molecule has 8 nitrogen and oxygen atoms in total. The summed E-state index contributed by atoms with van der Waals surface area (Å²) >= 11 is 5.87. The number of hydrogen-bond donors (Lipinski definition) is 1. The highest BCUT2D eigenvalue weighted by atomic mass is 35.5. The van der Waals surface area contributed by atoms with E-state index in [0.29, 0.717) is 63.4 Å². The van der Waals surface area contributed by atoms with Gasteiger partial charge in [0.2, 0.25) is 5.88 Å². The largest absolute Gasteiger partial charge is 0.478 e. The number of benzene rings is 2. The molecule has 0 aliphatic heterocycles. The molecular weight excluding hydrogens is 523 g/mol. The highest BCUT2D eigenvalue weighted by molar-refractivity contribution is 6.30. The van der Waals surface area contributed by atoms with Gasteiger partial charge >= 0.3 is 5.97 Å². The molecule has 0 saturated carbocycles. The number of hydrogen-bond acceptors (Lipinski definition) is 6. The maximum Gasteiger partial charge on any atom is 0.335 e. The molecular formula is C29H24ClFN4O4. The number of aromatic carboxylic acids is 1. The zero-order valence-corrected chi connectivity index (χ0v) is 21.7. The number of carbonyl (C=O) groups is 1. The van der Waals surface area contributed by atoms with Crippen molar-refractivity contribution in [2.24, 2.45) is 0 Å². The molecule has 0 amide bonds. The number of carboxylic acid groups (broad SMARTS) is 1. The Kier molecular flexibility index (Phi) is 7.81. The maximum absolute atomic E-state index is 15.3. The van der Waals surface area contributed by atoms with Crippen LogP contribution in [0.4, 0.5) is 4.39 Å². The molecule has 10 heteroatoms. The molecule has 0 spiro atoms. The van der Waals surface area contributed by atoms with E-state index in [-0.39, 0.29) is 18.6 Å². The van der Waals surface area contributed by atoms with Crippen LogP contribution in [-0.2, 0) is 24.3 Å². The molecule has 0 aliphatic rings. The lowest BCUT2D eigenvalue weighted by Crippen LogP contribution is -2.10. The standard InChI is InChI=1S/C29H24ClFN4O4/c1-38-12-11-35-26-14-20(29(36)37)7-10-25(26)33-27(35)15-18-5-6-19(13-23(18)31)24-3-2-4-28(34-24)39-17-22-9-8-21(30)16-32-22/h2-10,13-14,16H,11-12,15,17H2,1H3,(H,36,37). The summed E-state index contributed by atoms with van der Waals surface area (Å²) in [6.07, 6.45) is 1.77. The van der Waals surface area contributed by atoms with Gasteiger partial charge in [-0.05, 0) is 48.0 Å². The summed E-state index contributed by atoms with van der Waals surface area (Å²) in [6, 6.07) is 18.5. The number of halogens is 2. The summed E-state index contributed by atoms with van der Waals surface area (Å²) in [7, 11) is 1.59. The van der Waals surface area contributed by atoms with Crippen molar-refractivity contribution in [1.82, 2.24) is 19.5 Å². The molecule has 5 aromatic rings. The van der Waals surface area contributed by atoms with Crippen LogP contribution in [-0.4, -0.2) is 44.3 Å². The number of methoxy groups -OCH3 is 1.